The van der Waals surface area contributed by atoms with Crippen molar-refractivity contribution in [2.24, 2.45) is 0 Å². The van der Waals surface area contributed by atoms with Gasteiger partial charge in [0.25, 0.3) is 0 Å². The highest BCUT2D eigenvalue weighted by Gasteiger charge is 2.35. The van der Waals surface area contributed by atoms with E-state index in [4.69, 9.17) is 9.47 Å². The molecule has 3 rings (SSSR count). The summed E-state index contributed by atoms with van der Waals surface area (Å²) in [5.74, 6) is -3.33. The number of rotatable bonds is 8. The van der Waals surface area contributed by atoms with Gasteiger partial charge in [-0.15, -0.1) is 0 Å². The van der Waals surface area contributed by atoms with Gasteiger partial charge in [-0.3, -0.25) is 9.59 Å². The largest absolute Gasteiger partial charge is 0.465 e. The van der Waals surface area contributed by atoms with Crippen molar-refractivity contribution in [1.82, 2.24) is 13.9 Å². The SMILES string of the molecule is CCOC(=O)C(C(=O)OCC)c1ncnc2c1ccn2S(=O)(=O)Cc1ccccc1. The highest BCUT2D eigenvalue weighted by atomic mass is 32.2. The van der Waals surface area contributed by atoms with Gasteiger partial charge in [-0.1, -0.05) is 30.3 Å². The van der Waals surface area contributed by atoms with Gasteiger partial charge in [0.1, 0.15) is 6.33 Å². The van der Waals surface area contributed by atoms with Crippen LogP contribution in [0.3, 0.4) is 0 Å². The normalized spacial score (nSPS) is 11.6. The number of ether oxygens (including phenoxy) is 2. The van der Waals surface area contributed by atoms with Crippen LogP contribution in [0.1, 0.15) is 31.0 Å². The molecule has 0 saturated heterocycles. The number of benzene rings is 1. The Balaban J connectivity index is 2.07. The van der Waals surface area contributed by atoms with E-state index in [1.807, 2.05) is 0 Å². The minimum atomic E-state index is -3.81. The Morgan fingerprint density at radius 3 is 2.23 bits per heavy atom. The topological polar surface area (TPSA) is 117 Å². The Labute approximate surface area is 173 Å². The molecule has 0 fully saturated rings. The zero-order valence-corrected chi connectivity index (χ0v) is 17.3. The summed E-state index contributed by atoms with van der Waals surface area (Å²) in [5, 5.41) is 0.250. The summed E-state index contributed by atoms with van der Waals surface area (Å²) < 4.78 is 36.9. The van der Waals surface area contributed by atoms with Gasteiger partial charge < -0.3 is 9.47 Å². The Kier molecular flexibility index (Phi) is 6.46. The fourth-order valence-electron chi connectivity index (χ4n) is 3.03. The molecule has 0 N–H and O–H groups in total. The predicted octanol–water partition coefficient (Wildman–Crippen LogP) is 2.02. The van der Waals surface area contributed by atoms with Crippen LogP contribution < -0.4 is 0 Å². The van der Waals surface area contributed by atoms with Gasteiger partial charge in [0.15, 0.2) is 11.6 Å². The van der Waals surface area contributed by atoms with Gasteiger partial charge in [0.2, 0.25) is 10.0 Å². The molecular weight excluding hydrogens is 410 g/mol. The van der Waals surface area contributed by atoms with Crippen LogP contribution in [0.4, 0.5) is 0 Å². The highest BCUT2D eigenvalue weighted by Crippen LogP contribution is 2.27. The summed E-state index contributed by atoms with van der Waals surface area (Å²) in [7, 11) is -3.81. The van der Waals surface area contributed by atoms with E-state index in [1.165, 1.54) is 12.3 Å². The molecule has 10 heteroatoms. The molecule has 0 unspecified atom stereocenters. The Hall–Kier alpha value is -3.27. The Bertz CT molecular complexity index is 1140. The van der Waals surface area contributed by atoms with E-state index in [1.54, 1.807) is 44.2 Å². The number of aromatic nitrogens is 3. The number of carbonyl (C=O) groups excluding carboxylic acids is 2. The Morgan fingerprint density at radius 2 is 1.63 bits per heavy atom. The summed E-state index contributed by atoms with van der Waals surface area (Å²) in [6, 6.07) is 10.2. The zero-order valence-electron chi connectivity index (χ0n) is 16.5. The molecule has 0 atom stereocenters. The lowest BCUT2D eigenvalue weighted by Gasteiger charge is -2.14. The van der Waals surface area contributed by atoms with Crippen molar-refractivity contribution in [2.45, 2.75) is 25.5 Å². The van der Waals surface area contributed by atoms with E-state index >= 15 is 0 Å². The predicted molar refractivity (Wildman–Crippen MR) is 108 cm³/mol. The minimum Gasteiger partial charge on any atom is -0.465 e. The van der Waals surface area contributed by atoms with Crippen LogP contribution in [0, 0.1) is 0 Å². The van der Waals surface area contributed by atoms with Gasteiger partial charge in [-0.05, 0) is 25.5 Å². The van der Waals surface area contributed by atoms with Crippen molar-refractivity contribution >= 4 is 33.0 Å². The molecule has 0 aliphatic heterocycles. The second kappa shape index (κ2) is 9.04. The van der Waals surface area contributed by atoms with E-state index in [0.717, 1.165) is 10.3 Å². The standard InChI is InChI=1S/C20H21N3O6S/c1-3-28-19(24)16(20(25)29-4-2)17-15-10-11-23(18(15)22-13-21-17)30(26,27)12-14-8-6-5-7-9-14/h5-11,13,16H,3-4,12H2,1-2H3. The maximum absolute atomic E-state index is 12.9. The molecule has 0 aliphatic carbocycles. The molecule has 0 spiro atoms. The third kappa shape index (κ3) is 4.33. The van der Waals surface area contributed by atoms with E-state index in [2.05, 4.69) is 9.97 Å². The summed E-state index contributed by atoms with van der Waals surface area (Å²) in [6.45, 7) is 3.36. The van der Waals surface area contributed by atoms with Gasteiger partial charge in [0, 0.05) is 11.6 Å². The molecule has 30 heavy (non-hydrogen) atoms. The first-order valence-electron chi connectivity index (χ1n) is 9.31. The lowest BCUT2D eigenvalue weighted by atomic mass is 10.0. The molecule has 0 amide bonds. The van der Waals surface area contributed by atoms with Crippen molar-refractivity contribution in [2.75, 3.05) is 13.2 Å². The third-order valence-corrected chi connectivity index (χ3v) is 5.88. The summed E-state index contributed by atoms with van der Waals surface area (Å²) in [5.41, 5.74) is 0.713. The molecule has 9 nitrogen and oxygen atoms in total. The van der Waals surface area contributed by atoms with Crippen molar-refractivity contribution in [3.8, 4) is 0 Å². The van der Waals surface area contributed by atoms with E-state index < -0.39 is 27.9 Å². The summed E-state index contributed by atoms with van der Waals surface area (Å²) in [4.78, 5) is 33.0. The number of hydrogen-bond donors (Lipinski definition) is 0. The highest BCUT2D eigenvalue weighted by molar-refractivity contribution is 7.89. The van der Waals surface area contributed by atoms with Gasteiger partial charge in [-0.2, -0.15) is 0 Å². The van der Waals surface area contributed by atoms with E-state index in [0.29, 0.717) is 5.56 Å². The Morgan fingerprint density at radius 1 is 1.00 bits per heavy atom. The molecule has 0 bridgehead atoms. The summed E-state index contributed by atoms with van der Waals surface area (Å²) >= 11 is 0. The number of hydrogen-bond acceptors (Lipinski definition) is 8. The van der Waals surface area contributed by atoms with Crippen LogP contribution in [0.25, 0.3) is 11.0 Å². The fourth-order valence-corrected chi connectivity index (χ4v) is 4.44. The lowest BCUT2D eigenvalue weighted by Crippen LogP contribution is -2.27. The molecule has 1 aromatic carbocycles. The monoisotopic (exact) mass is 431 g/mol. The van der Waals surface area contributed by atoms with E-state index in [9.17, 15) is 18.0 Å². The van der Waals surface area contributed by atoms with Crippen molar-refractivity contribution in [3.63, 3.8) is 0 Å². The molecule has 3 aromatic rings. The van der Waals surface area contributed by atoms with E-state index in [-0.39, 0.29) is 35.7 Å². The zero-order chi connectivity index (χ0) is 21.7. The minimum absolute atomic E-state index is 0.0329. The maximum atomic E-state index is 12.9. The molecule has 2 aromatic heterocycles. The molecule has 0 aliphatic rings. The van der Waals surface area contributed by atoms with Gasteiger partial charge >= 0.3 is 11.9 Å². The first kappa shape index (κ1) is 21.4. The molecule has 158 valence electrons. The lowest BCUT2D eigenvalue weighted by molar-refractivity contribution is -0.157. The van der Waals surface area contributed by atoms with Crippen LogP contribution in [0.2, 0.25) is 0 Å². The van der Waals surface area contributed by atoms with Crippen molar-refractivity contribution in [1.29, 1.82) is 0 Å². The number of carbonyl (C=O) groups is 2. The van der Waals surface area contributed by atoms with Crippen LogP contribution >= 0.6 is 0 Å². The molecular formula is C20H21N3O6S. The third-order valence-electron chi connectivity index (χ3n) is 4.29. The number of esters is 2. The maximum Gasteiger partial charge on any atom is 0.326 e. The van der Waals surface area contributed by atoms with Crippen LogP contribution in [0.5, 0.6) is 0 Å². The molecule has 0 radical (unpaired) electrons. The molecule has 0 saturated carbocycles. The first-order valence-corrected chi connectivity index (χ1v) is 10.9. The van der Waals surface area contributed by atoms with Crippen LogP contribution in [-0.2, 0) is 34.8 Å². The average Bonchev–Trinajstić information content (AvgIpc) is 3.15. The van der Waals surface area contributed by atoms with Crippen molar-refractivity contribution in [3.05, 3.63) is 60.2 Å². The second-order valence-corrected chi connectivity index (χ2v) is 8.13. The second-order valence-electron chi connectivity index (χ2n) is 6.29. The van der Waals surface area contributed by atoms with Crippen LogP contribution in [0.15, 0.2) is 48.9 Å². The smallest absolute Gasteiger partial charge is 0.326 e. The van der Waals surface area contributed by atoms with Crippen LogP contribution in [-0.4, -0.2) is 47.5 Å². The quantitative estimate of drug-likeness (QED) is 0.393. The number of nitrogens with zero attached hydrogens (tertiary/aromatic N) is 3. The average molecular weight is 431 g/mol. The van der Waals surface area contributed by atoms with Gasteiger partial charge in [-0.25, -0.2) is 22.4 Å². The summed E-state index contributed by atoms with van der Waals surface area (Å²) in [6.07, 6.45) is 2.44. The van der Waals surface area contributed by atoms with Gasteiger partial charge in [0.05, 0.1) is 24.7 Å². The fraction of sp³-hybridized carbons (Fsp3) is 0.300. The first-order chi connectivity index (χ1) is 14.4. The molecule has 2 heterocycles. The van der Waals surface area contributed by atoms with Crippen molar-refractivity contribution < 1.29 is 27.5 Å². The number of fused-ring (bicyclic) bond motifs is 1.